The van der Waals surface area contributed by atoms with Gasteiger partial charge >= 0.3 is 10.4 Å². The molecule has 0 aliphatic carbocycles. The predicted octanol–water partition coefficient (Wildman–Crippen LogP) is 2.31. The molecule has 0 unspecified atom stereocenters. The third-order valence-electron chi connectivity index (χ3n) is 3.55. The van der Waals surface area contributed by atoms with E-state index in [4.69, 9.17) is 16.2 Å². The molecule has 2 aromatic rings. The van der Waals surface area contributed by atoms with Gasteiger partial charge in [-0.05, 0) is 30.3 Å². The average Bonchev–Trinajstić information content (AvgIpc) is 2.59. The molecule has 0 fully saturated rings. The number of hydrogen-bond acceptors (Lipinski definition) is 6. The van der Waals surface area contributed by atoms with E-state index in [9.17, 15) is 13.2 Å². The number of nitrogens with zero attached hydrogens (tertiary/aromatic N) is 3. The SMILES string of the molecule is O=C(c1ccncc1)N1CC/C(=N\OS(=O)(=O)O)c2ccc(Cl)cc21. The van der Waals surface area contributed by atoms with Crippen LogP contribution in [0, 0.1) is 0 Å². The molecule has 130 valence electrons. The quantitative estimate of drug-likeness (QED) is 0.645. The van der Waals surface area contributed by atoms with Crippen molar-refractivity contribution in [1.82, 2.24) is 4.98 Å². The van der Waals surface area contributed by atoms with Crippen molar-refractivity contribution in [1.29, 1.82) is 0 Å². The lowest BCUT2D eigenvalue weighted by Gasteiger charge is -2.30. The smallest absolute Gasteiger partial charge is 0.307 e. The van der Waals surface area contributed by atoms with Crippen LogP contribution in [0.3, 0.4) is 0 Å². The monoisotopic (exact) mass is 381 g/mol. The number of rotatable bonds is 3. The van der Waals surface area contributed by atoms with Gasteiger partial charge in [0, 0.05) is 41.5 Å². The van der Waals surface area contributed by atoms with Crippen molar-refractivity contribution in [3.05, 3.63) is 58.9 Å². The summed E-state index contributed by atoms with van der Waals surface area (Å²) in [6.45, 7) is 0.238. The number of fused-ring (bicyclic) bond motifs is 1. The summed E-state index contributed by atoms with van der Waals surface area (Å²) >= 11 is 6.04. The van der Waals surface area contributed by atoms with Crippen LogP contribution in [0.2, 0.25) is 5.02 Å². The summed E-state index contributed by atoms with van der Waals surface area (Å²) in [5.41, 5.74) is 1.69. The molecule has 1 aromatic heterocycles. The first kappa shape index (κ1) is 17.3. The number of benzene rings is 1. The zero-order valence-electron chi connectivity index (χ0n) is 12.7. The zero-order chi connectivity index (χ0) is 18.0. The van der Waals surface area contributed by atoms with Crippen LogP contribution in [-0.2, 0) is 14.7 Å². The molecular weight excluding hydrogens is 370 g/mol. The van der Waals surface area contributed by atoms with E-state index in [2.05, 4.69) is 14.4 Å². The Hall–Kier alpha value is -2.49. The summed E-state index contributed by atoms with van der Waals surface area (Å²) in [5.74, 6) is -0.249. The van der Waals surface area contributed by atoms with Crippen LogP contribution in [0.5, 0.6) is 0 Å². The molecular formula is C15H12ClN3O5S. The topological polar surface area (TPSA) is 109 Å². The van der Waals surface area contributed by atoms with Gasteiger partial charge in [0.05, 0.1) is 11.4 Å². The Balaban J connectivity index is 2.01. The molecule has 0 bridgehead atoms. The van der Waals surface area contributed by atoms with Gasteiger partial charge in [-0.1, -0.05) is 16.8 Å². The molecule has 1 aliphatic heterocycles. The van der Waals surface area contributed by atoms with E-state index in [1.165, 1.54) is 17.3 Å². The number of carbonyl (C=O) groups is 1. The van der Waals surface area contributed by atoms with Gasteiger partial charge in [-0.2, -0.15) is 8.42 Å². The minimum absolute atomic E-state index is 0.237. The predicted molar refractivity (Wildman–Crippen MR) is 91.2 cm³/mol. The van der Waals surface area contributed by atoms with Gasteiger partial charge in [-0.15, -0.1) is 0 Å². The zero-order valence-corrected chi connectivity index (χ0v) is 14.2. The summed E-state index contributed by atoms with van der Waals surface area (Å²) in [4.78, 5) is 18.1. The highest BCUT2D eigenvalue weighted by molar-refractivity contribution is 7.80. The number of amides is 1. The Morgan fingerprint density at radius 2 is 2.00 bits per heavy atom. The van der Waals surface area contributed by atoms with Crippen molar-refractivity contribution in [2.75, 3.05) is 11.4 Å². The second-order valence-corrected chi connectivity index (χ2v) is 6.59. The van der Waals surface area contributed by atoms with Crippen LogP contribution < -0.4 is 4.90 Å². The molecule has 1 aliphatic rings. The number of aromatic nitrogens is 1. The highest BCUT2D eigenvalue weighted by Crippen LogP contribution is 2.31. The fraction of sp³-hybridized carbons (Fsp3) is 0.133. The number of oxime groups is 1. The molecule has 0 saturated carbocycles. The highest BCUT2D eigenvalue weighted by atomic mass is 35.5. The third kappa shape index (κ3) is 3.95. The van der Waals surface area contributed by atoms with Gasteiger partial charge < -0.3 is 4.90 Å². The Morgan fingerprint density at radius 3 is 2.68 bits per heavy atom. The van der Waals surface area contributed by atoms with E-state index < -0.39 is 10.4 Å². The van der Waals surface area contributed by atoms with Gasteiger partial charge in [0.15, 0.2) is 0 Å². The summed E-state index contributed by atoms with van der Waals surface area (Å²) in [6, 6.07) is 7.97. The number of pyridine rings is 1. The fourth-order valence-electron chi connectivity index (χ4n) is 2.49. The lowest BCUT2D eigenvalue weighted by molar-refractivity contribution is 0.0986. The molecule has 0 atom stereocenters. The lowest BCUT2D eigenvalue weighted by atomic mass is 9.99. The van der Waals surface area contributed by atoms with Crippen LogP contribution in [0.15, 0.2) is 47.9 Å². The van der Waals surface area contributed by atoms with Crippen molar-refractivity contribution in [3.8, 4) is 0 Å². The van der Waals surface area contributed by atoms with Gasteiger partial charge in [0.25, 0.3) is 5.91 Å². The summed E-state index contributed by atoms with van der Waals surface area (Å²) in [7, 11) is -4.71. The first-order valence-corrected chi connectivity index (χ1v) is 8.84. The number of halogens is 1. The van der Waals surface area contributed by atoms with Gasteiger partial charge in [-0.25, -0.2) is 4.28 Å². The summed E-state index contributed by atoms with van der Waals surface area (Å²) < 4.78 is 34.3. The second-order valence-electron chi connectivity index (χ2n) is 5.14. The third-order valence-corrected chi connectivity index (χ3v) is 4.05. The first-order valence-electron chi connectivity index (χ1n) is 7.10. The van der Waals surface area contributed by atoms with Crippen molar-refractivity contribution in [3.63, 3.8) is 0 Å². The van der Waals surface area contributed by atoms with E-state index >= 15 is 0 Å². The molecule has 0 saturated heterocycles. The number of hydrogen-bond donors (Lipinski definition) is 1. The lowest BCUT2D eigenvalue weighted by Crippen LogP contribution is -2.37. The Kier molecular flexibility index (Phi) is 4.71. The van der Waals surface area contributed by atoms with Crippen molar-refractivity contribution in [2.24, 2.45) is 5.16 Å². The Labute approximate surface area is 148 Å². The molecule has 0 radical (unpaired) electrons. The summed E-state index contributed by atoms with van der Waals surface area (Å²) in [6.07, 6.45) is 3.27. The van der Waals surface area contributed by atoms with Crippen LogP contribution in [0.25, 0.3) is 0 Å². The van der Waals surface area contributed by atoms with E-state index in [0.717, 1.165) is 0 Å². The molecule has 1 aromatic carbocycles. The fourth-order valence-corrected chi connectivity index (χ4v) is 2.84. The molecule has 8 nitrogen and oxygen atoms in total. The minimum Gasteiger partial charge on any atom is -0.307 e. The maximum absolute atomic E-state index is 12.7. The van der Waals surface area contributed by atoms with Crippen molar-refractivity contribution >= 4 is 39.3 Å². The number of carbonyl (C=O) groups excluding carboxylic acids is 1. The maximum atomic E-state index is 12.7. The van der Waals surface area contributed by atoms with E-state index in [0.29, 0.717) is 21.8 Å². The summed E-state index contributed by atoms with van der Waals surface area (Å²) in [5, 5.41) is 3.89. The molecule has 0 spiro atoms. The van der Waals surface area contributed by atoms with E-state index in [1.807, 2.05) is 0 Å². The highest BCUT2D eigenvalue weighted by Gasteiger charge is 2.28. The van der Waals surface area contributed by atoms with Gasteiger partial charge in [0.1, 0.15) is 0 Å². The average molecular weight is 382 g/mol. The van der Waals surface area contributed by atoms with E-state index in [1.54, 1.807) is 30.3 Å². The molecule has 10 heteroatoms. The van der Waals surface area contributed by atoms with Gasteiger partial charge in [0.2, 0.25) is 0 Å². The van der Waals surface area contributed by atoms with Crippen LogP contribution in [0.1, 0.15) is 22.3 Å². The molecule has 25 heavy (non-hydrogen) atoms. The number of anilines is 1. The molecule has 1 N–H and O–H groups in total. The van der Waals surface area contributed by atoms with Crippen LogP contribution in [-0.4, -0.2) is 36.1 Å². The largest absolute Gasteiger partial charge is 0.466 e. The standard InChI is InChI=1S/C15H12ClN3O5S/c16-11-1-2-12-13(18-24-25(21,22)23)5-8-19(14(12)9-11)15(20)10-3-6-17-7-4-10/h1-4,6-7,9H,5,8H2,(H,21,22,23)/b18-13+. The maximum Gasteiger partial charge on any atom is 0.466 e. The Bertz CT molecular complexity index is 947. The van der Waals surface area contributed by atoms with E-state index in [-0.39, 0.29) is 24.6 Å². The normalized spacial score (nSPS) is 15.8. The van der Waals surface area contributed by atoms with Crippen molar-refractivity contribution < 1.29 is 22.0 Å². The first-order chi connectivity index (χ1) is 11.8. The molecule has 3 rings (SSSR count). The van der Waals surface area contributed by atoms with Crippen LogP contribution in [0.4, 0.5) is 5.69 Å². The van der Waals surface area contributed by atoms with Gasteiger partial charge in [-0.3, -0.25) is 14.3 Å². The molecule has 1 amide bonds. The molecule has 2 heterocycles. The van der Waals surface area contributed by atoms with Crippen molar-refractivity contribution in [2.45, 2.75) is 6.42 Å². The minimum atomic E-state index is -4.71. The van der Waals surface area contributed by atoms with Crippen LogP contribution >= 0.6 is 11.6 Å². The second kappa shape index (κ2) is 6.79. The Morgan fingerprint density at radius 1 is 1.28 bits per heavy atom.